The molecule has 0 spiro atoms. The van der Waals surface area contributed by atoms with Gasteiger partial charge in [0.15, 0.2) is 0 Å². The Balaban J connectivity index is 2.70. The average Bonchev–Trinajstić information content (AvgIpc) is 2.36. The maximum atomic E-state index is 12.3. The average molecular weight is 247 g/mol. The van der Waals surface area contributed by atoms with Crippen LogP contribution in [0.3, 0.4) is 0 Å². The van der Waals surface area contributed by atoms with Gasteiger partial charge in [-0.25, -0.2) is 0 Å². The van der Waals surface area contributed by atoms with Crippen molar-refractivity contribution in [3.63, 3.8) is 0 Å². The van der Waals surface area contributed by atoms with E-state index in [4.69, 9.17) is 0 Å². The van der Waals surface area contributed by atoms with Crippen molar-refractivity contribution < 1.29 is 14.7 Å². The first-order valence-electron chi connectivity index (χ1n) is 6.03. The second-order valence-electron chi connectivity index (χ2n) is 4.93. The Morgan fingerprint density at radius 3 is 2.61 bits per heavy atom. The van der Waals surface area contributed by atoms with E-state index in [0.29, 0.717) is 17.5 Å². The molecular weight excluding hydrogens is 230 g/mol. The van der Waals surface area contributed by atoms with E-state index < -0.39 is 17.4 Å². The van der Waals surface area contributed by atoms with Crippen molar-refractivity contribution in [3.05, 3.63) is 35.4 Å². The zero-order chi connectivity index (χ0) is 13.5. The first-order chi connectivity index (χ1) is 8.43. The molecular formula is C14H17NO3. The fourth-order valence-corrected chi connectivity index (χ4v) is 2.73. The fourth-order valence-electron chi connectivity index (χ4n) is 2.73. The van der Waals surface area contributed by atoms with E-state index in [1.807, 2.05) is 13.8 Å². The van der Waals surface area contributed by atoms with E-state index in [-0.39, 0.29) is 5.91 Å². The maximum absolute atomic E-state index is 12.3. The molecule has 2 unspecified atom stereocenters. The van der Waals surface area contributed by atoms with Gasteiger partial charge in [-0.1, -0.05) is 25.1 Å². The molecule has 0 saturated heterocycles. The van der Waals surface area contributed by atoms with Crippen LogP contribution in [-0.4, -0.2) is 34.5 Å². The summed E-state index contributed by atoms with van der Waals surface area (Å²) < 4.78 is 0. The van der Waals surface area contributed by atoms with Crippen LogP contribution in [0.5, 0.6) is 0 Å². The Hall–Kier alpha value is -1.84. The molecule has 1 heterocycles. The summed E-state index contributed by atoms with van der Waals surface area (Å²) in [4.78, 5) is 25.5. The normalized spacial score (nSPS) is 26.9. The number of fused-ring (bicyclic) bond motifs is 1. The quantitative estimate of drug-likeness (QED) is 0.870. The number of hydrogen-bond donors (Lipinski definition) is 1. The molecule has 1 amide bonds. The lowest BCUT2D eigenvalue weighted by molar-refractivity contribution is -0.142. The molecule has 2 atom stereocenters. The molecule has 0 fully saturated rings. The SMILES string of the molecule is CCC1(C)C(C(=O)O)c2ccccc2C(=O)N1C. The first-order valence-corrected chi connectivity index (χ1v) is 6.03. The highest BCUT2D eigenvalue weighted by Gasteiger charge is 2.49. The lowest BCUT2D eigenvalue weighted by Crippen LogP contribution is -2.56. The predicted molar refractivity (Wildman–Crippen MR) is 67.6 cm³/mol. The summed E-state index contributed by atoms with van der Waals surface area (Å²) >= 11 is 0. The van der Waals surface area contributed by atoms with Crippen molar-refractivity contribution >= 4 is 11.9 Å². The Bertz CT molecular complexity index is 512. The molecule has 1 aliphatic heterocycles. The van der Waals surface area contributed by atoms with Crippen LogP contribution in [0.4, 0.5) is 0 Å². The van der Waals surface area contributed by atoms with Crippen molar-refractivity contribution in [3.8, 4) is 0 Å². The van der Waals surface area contributed by atoms with Crippen LogP contribution < -0.4 is 0 Å². The summed E-state index contributed by atoms with van der Waals surface area (Å²) in [5.74, 6) is -1.67. The minimum Gasteiger partial charge on any atom is -0.481 e. The molecule has 18 heavy (non-hydrogen) atoms. The standard InChI is InChI=1S/C14H17NO3/c1-4-14(2)11(13(17)18)9-7-5-6-8-10(9)12(16)15(14)3/h5-8,11H,4H2,1-3H3,(H,17,18). The van der Waals surface area contributed by atoms with E-state index in [0.717, 1.165) is 0 Å². The number of amides is 1. The number of rotatable bonds is 2. The summed E-state index contributed by atoms with van der Waals surface area (Å²) in [5, 5.41) is 9.52. The first kappa shape index (κ1) is 12.6. The van der Waals surface area contributed by atoms with E-state index in [2.05, 4.69) is 0 Å². The highest BCUT2D eigenvalue weighted by atomic mass is 16.4. The van der Waals surface area contributed by atoms with Gasteiger partial charge in [-0.15, -0.1) is 0 Å². The highest BCUT2D eigenvalue weighted by molar-refractivity contribution is 6.00. The van der Waals surface area contributed by atoms with Crippen molar-refractivity contribution in [1.29, 1.82) is 0 Å². The molecule has 1 aliphatic rings. The van der Waals surface area contributed by atoms with Gasteiger partial charge in [0.25, 0.3) is 5.91 Å². The molecule has 4 heteroatoms. The molecule has 0 radical (unpaired) electrons. The molecule has 1 aromatic carbocycles. The summed E-state index contributed by atoms with van der Waals surface area (Å²) in [6.07, 6.45) is 0.598. The molecule has 0 aliphatic carbocycles. The number of hydrogen-bond acceptors (Lipinski definition) is 2. The zero-order valence-corrected chi connectivity index (χ0v) is 10.8. The lowest BCUT2D eigenvalue weighted by Gasteiger charge is -2.46. The predicted octanol–water partition coefficient (Wildman–Crippen LogP) is 2.11. The summed E-state index contributed by atoms with van der Waals surface area (Å²) in [5.41, 5.74) is 0.438. The van der Waals surface area contributed by atoms with Crippen LogP contribution in [0, 0.1) is 0 Å². The van der Waals surface area contributed by atoms with E-state index in [1.54, 1.807) is 36.2 Å². The second kappa shape index (κ2) is 4.12. The monoisotopic (exact) mass is 247 g/mol. The Labute approximate surface area is 106 Å². The molecule has 96 valence electrons. The number of benzene rings is 1. The van der Waals surface area contributed by atoms with E-state index in [1.165, 1.54) is 0 Å². The maximum Gasteiger partial charge on any atom is 0.313 e. The molecule has 0 aromatic heterocycles. The van der Waals surface area contributed by atoms with E-state index >= 15 is 0 Å². The minimum atomic E-state index is -0.883. The van der Waals surface area contributed by atoms with Crippen molar-refractivity contribution in [2.24, 2.45) is 0 Å². The Kier molecular flexibility index (Phi) is 2.89. The van der Waals surface area contributed by atoms with Gasteiger partial charge in [0.1, 0.15) is 5.92 Å². The second-order valence-corrected chi connectivity index (χ2v) is 4.93. The minimum absolute atomic E-state index is 0.104. The van der Waals surface area contributed by atoms with Gasteiger partial charge in [0.05, 0.1) is 5.54 Å². The molecule has 0 bridgehead atoms. The number of carboxylic acid groups (broad SMARTS) is 1. The van der Waals surface area contributed by atoms with Gasteiger partial charge in [-0.05, 0) is 25.0 Å². The van der Waals surface area contributed by atoms with Gasteiger partial charge in [-0.3, -0.25) is 9.59 Å². The van der Waals surface area contributed by atoms with Crippen molar-refractivity contribution in [2.45, 2.75) is 31.7 Å². The van der Waals surface area contributed by atoms with Crippen LogP contribution in [-0.2, 0) is 4.79 Å². The highest BCUT2D eigenvalue weighted by Crippen LogP contribution is 2.42. The largest absolute Gasteiger partial charge is 0.481 e. The van der Waals surface area contributed by atoms with Crippen LogP contribution in [0.15, 0.2) is 24.3 Å². The number of carboxylic acids is 1. The van der Waals surface area contributed by atoms with Crippen LogP contribution in [0.25, 0.3) is 0 Å². The third kappa shape index (κ3) is 1.52. The van der Waals surface area contributed by atoms with Crippen LogP contribution >= 0.6 is 0 Å². The molecule has 4 nitrogen and oxygen atoms in total. The van der Waals surface area contributed by atoms with Gasteiger partial charge in [0.2, 0.25) is 0 Å². The van der Waals surface area contributed by atoms with Crippen molar-refractivity contribution in [1.82, 2.24) is 4.90 Å². The Morgan fingerprint density at radius 1 is 1.44 bits per heavy atom. The number of aliphatic carboxylic acids is 1. The van der Waals surface area contributed by atoms with Gasteiger partial charge in [-0.2, -0.15) is 0 Å². The molecule has 2 rings (SSSR count). The smallest absolute Gasteiger partial charge is 0.313 e. The van der Waals surface area contributed by atoms with Gasteiger partial charge < -0.3 is 10.0 Å². The number of carbonyl (C=O) groups excluding carboxylic acids is 1. The molecule has 1 N–H and O–H groups in total. The van der Waals surface area contributed by atoms with Gasteiger partial charge >= 0.3 is 5.97 Å². The third-order valence-corrected chi connectivity index (χ3v) is 4.16. The van der Waals surface area contributed by atoms with Crippen molar-refractivity contribution in [2.75, 3.05) is 7.05 Å². The fraction of sp³-hybridized carbons (Fsp3) is 0.429. The third-order valence-electron chi connectivity index (χ3n) is 4.16. The molecule has 0 saturated carbocycles. The zero-order valence-electron chi connectivity index (χ0n) is 10.8. The molecule has 1 aromatic rings. The van der Waals surface area contributed by atoms with Crippen LogP contribution in [0.2, 0.25) is 0 Å². The van der Waals surface area contributed by atoms with Crippen LogP contribution in [0.1, 0.15) is 42.1 Å². The van der Waals surface area contributed by atoms with E-state index in [9.17, 15) is 14.7 Å². The topological polar surface area (TPSA) is 57.6 Å². The number of likely N-dealkylation sites (N-methyl/N-ethyl adjacent to an activating group) is 1. The summed E-state index contributed by atoms with van der Waals surface area (Å²) in [7, 11) is 1.68. The number of nitrogens with zero attached hydrogens (tertiary/aromatic N) is 1. The number of carbonyl (C=O) groups is 2. The summed E-state index contributed by atoms with van der Waals surface area (Å²) in [6.45, 7) is 3.74. The van der Waals surface area contributed by atoms with Gasteiger partial charge in [0, 0.05) is 12.6 Å². The summed E-state index contributed by atoms with van der Waals surface area (Å²) in [6, 6.07) is 6.98. The lowest BCUT2D eigenvalue weighted by atomic mass is 9.73. The Morgan fingerprint density at radius 2 is 2.06 bits per heavy atom.